The maximum Gasteiger partial charge on any atom is 0.209 e. The fraction of sp³-hybridized carbons (Fsp3) is 0.235. The van der Waals surface area contributed by atoms with Gasteiger partial charge in [-0.3, -0.25) is 4.98 Å². The third-order valence-corrected chi connectivity index (χ3v) is 4.40. The number of nitrogens with two attached hydrogens (primary N) is 1. The van der Waals surface area contributed by atoms with E-state index >= 15 is 0 Å². The number of nitrogens with one attached hydrogen (secondary N) is 1. The highest BCUT2D eigenvalue weighted by Gasteiger charge is 2.09. The fourth-order valence-electron chi connectivity index (χ4n) is 2.57. The highest BCUT2D eigenvalue weighted by atomic mass is 32.2. The van der Waals surface area contributed by atoms with Crippen LogP contribution in [0.1, 0.15) is 11.1 Å². The van der Waals surface area contributed by atoms with Gasteiger partial charge in [-0.05, 0) is 47.9 Å². The molecule has 0 saturated heterocycles. The first-order valence-electron chi connectivity index (χ1n) is 7.55. The molecule has 2 heterocycles. The number of pyridine rings is 1. The first-order chi connectivity index (χ1) is 11.5. The molecule has 126 valence electrons. The Morgan fingerprint density at radius 1 is 1.21 bits per heavy atom. The van der Waals surface area contributed by atoms with Crippen molar-refractivity contribution in [1.29, 1.82) is 0 Å². The number of hydrogen-bond donors (Lipinski definition) is 2. The number of benzene rings is 1. The predicted molar refractivity (Wildman–Crippen MR) is 93.9 cm³/mol. The van der Waals surface area contributed by atoms with Crippen LogP contribution in [0.3, 0.4) is 0 Å². The van der Waals surface area contributed by atoms with Gasteiger partial charge in [0, 0.05) is 29.9 Å². The molecule has 0 saturated carbocycles. The summed E-state index contributed by atoms with van der Waals surface area (Å²) >= 11 is 0. The third-order valence-electron chi connectivity index (χ3n) is 3.73. The quantitative estimate of drug-likeness (QED) is 0.712. The molecule has 0 fully saturated rings. The van der Waals surface area contributed by atoms with Gasteiger partial charge >= 0.3 is 0 Å². The van der Waals surface area contributed by atoms with Crippen molar-refractivity contribution in [2.24, 2.45) is 5.73 Å². The van der Waals surface area contributed by atoms with E-state index in [-0.39, 0.29) is 6.54 Å². The summed E-state index contributed by atoms with van der Waals surface area (Å²) in [6, 6.07) is 7.86. The summed E-state index contributed by atoms with van der Waals surface area (Å²) < 4.78 is 30.5. The molecule has 6 nitrogen and oxygen atoms in total. The molecular formula is C17H19N3O3S. The largest absolute Gasteiger partial charge is 0.464 e. The molecule has 3 N–H and O–H groups in total. The van der Waals surface area contributed by atoms with Gasteiger partial charge in [-0.1, -0.05) is 6.07 Å². The van der Waals surface area contributed by atoms with E-state index in [0.29, 0.717) is 6.54 Å². The Kier molecular flexibility index (Phi) is 4.66. The Labute approximate surface area is 140 Å². The number of fused-ring (bicyclic) bond motifs is 1. The van der Waals surface area contributed by atoms with Gasteiger partial charge in [0.25, 0.3) is 0 Å². The average molecular weight is 345 g/mol. The minimum absolute atomic E-state index is 0.214. The Morgan fingerprint density at radius 3 is 2.79 bits per heavy atom. The van der Waals surface area contributed by atoms with Gasteiger partial charge in [0.2, 0.25) is 10.0 Å². The van der Waals surface area contributed by atoms with Crippen molar-refractivity contribution in [3.63, 3.8) is 0 Å². The first-order valence-corrected chi connectivity index (χ1v) is 9.44. The molecule has 3 aromatic rings. The summed E-state index contributed by atoms with van der Waals surface area (Å²) in [6.07, 6.45) is 7.04. The molecule has 24 heavy (non-hydrogen) atoms. The van der Waals surface area contributed by atoms with Gasteiger partial charge in [-0.2, -0.15) is 0 Å². The summed E-state index contributed by atoms with van der Waals surface area (Å²) in [5.74, 6) is 0. The highest BCUT2D eigenvalue weighted by Crippen LogP contribution is 2.28. The van der Waals surface area contributed by atoms with E-state index in [2.05, 4.69) is 15.8 Å². The lowest BCUT2D eigenvalue weighted by Gasteiger charge is -2.06. The number of furan rings is 1. The molecule has 2 aromatic heterocycles. The van der Waals surface area contributed by atoms with Crippen molar-refractivity contribution in [2.45, 2.75) is 13.0 Å². The third kappa shape index (κ3) is 3.81. The van der Waals surface area contributed by atoms with Crippen molar-refractivity contribution in [1.82, 2.24) is 9.71 Å². The van der Waals surface area contributed by atoms with Gasteiger partial charge < -0.3 is 10.2 Å². The summed E-state index contributed by atoms with van der Waals surface area (Å²) in [6.45, 7) is 0.777. The Hall–Kier alpha value is -2.22. The summed E-state index contributed by atoms with van der Waals surface area (Å²) in [7, 11) is -3.24. The fourth-order valence-corrected chi connectivity index (χ4v) is 3.00. The molecule has 0 bridgehead atoms. The zero-order valence-corrected chi connectivity index (χ0v) is 14.1. The van der Waals surface area contributed by atoms with E-state index in [1.165, 1.54) is 0 Å². The second kappa shape index (κ2) is 6.72. The molecule has 0 spiro atoms. The molecule has 0 atom stereocenters. The molecule has 0 aliphatic rings. The zero-order valence-electron chi connectivity index (χ0n) is 13.3. The number of hydrogen-bond acceptors (Lipinski definition) is 5. The maximum atomic E-state index is 11.2. The van der Waals surface area contributed by atoms with Crippen molar-refractivity contribution in [3.8, 4) is 11.1 Å². The van der Waals surface area contributed by atoms with Crippen LogP contribution in [-0.4, -0.2) is 26.2 Å². The molecule has 0 aliphatic heterocycles. The second-order valence-electron chi connectivity index (χ2n) is 5.69. The lowest BCUT2D eigenvalue weighted by Crippen LogP contribution is -2.21. The lowest BCUT2D eigenvalue weighted by atomic mass is 10.0. The van der Waals surface area contributed by atoms with Gasteiger partial charge in [0.15, 0.2) is 0 Å². The van der Waals surface area contributed by atoms with Gasteiger partial charge in [0.1, 0.15) is 5.58 Å². The van der Waals surface area contributed by atoms with Crippen LogP contribution in [0.15, 0.2) is 47.3 Å². The molecule has 0 unspecified atom stereocenters. The lowest BCUT2D eigenvalue weighted by molar-refractivity contribution is 0.587. The molecule has 1 aromatic carbocycles. The minimum atomic E-state index is -3.24. The van der Waals surface area contributed by atoms with Crippen molar-refractivity contribution >= 4 is 21.0 Å². The van der Waals surface area contributed by atoms with Crippen molar-refractivity contribution < 1.29 is 12.8 Å². The highest BCUT2D eigenvalue weighted by molar-refractivity contribution is 7.88. The molecule has 7 heteroatoms. The van der Waals surface area contributed by atoms with Crippen LogP contribution in [0.4, 0.5) is 0 Å². The van der Waals surface area contributed by atoms with Crippen LogP contribution in [0.2, 0.25) is 0 Å². The van der Waals surface area contributed by atoms with Crippen molar-refractivity contribution in [2.75, 3.05) is 12.8 Å². The monoisotopic (exact) mass is 345 g/mol. The molecule has 3 rings (SSSR count). The number of sulfonamides is 1. The Morgan fingerprint density at radius 2 is 2.04 bits per heavy atom. The summed E-state index contributed by atoms with van der Waals surface area (Å²) in [4.78, 5) is 4.21. The number of rotatable bonds is 6. The van der Waals surface area contributed by atoms with Crippen LogP contribution in [0.25, 0.3) is 22.1 Å². The smallest absolute Gasteiger partial charge is 0.209 e. The van der Waals surface area contributed by atoms with Crippen LogP contribution in [-0.2, 0) is 23.0 Å². The van der Waals surface area contributed by atoms with Gasteiger partial charge in [-0.25, -0.2) is 13.1 Å². The maximum absolute atomic E-state index is 11.2. The van der Waals surface area contributed by atoms with Crippen LogP contribution in [0.5, 0.6) is 0 Å². The summed E-state index contributed by atoms with van der Waals surface area (Å²) in [5, 5.41) is 1.04. The Balaban J connectivity index is 1.93. The zero-order chi connectivity index (χ0) is 17.2. The van der Waals surface area contributed by atoms with E-state index in [0.717, 1.165) is 45.9 Å². The normalized spacial score (nSPS) is 11.9. The van der Waals surface area contributed by atoms with E-state index in [1.54, 1.807) is 18.7 Å². The topological polar surface area (TPSA) is 98.2 Å². The molecule has 0 amide bonds. The van der Waals surface area contributed by atoms with Gasteiger partial charge in [0.05, 0.1) is 12.5 Å². The standard InChI is InChI=1S/C17H19N3O3S/c1-24(21,22)20-9-12-6-15(10-19-8-12)13-2-3-17-16(7-13)14(4-5-18)11-23-17/h2-3,6-8,10-11,20H,4-5,9,18H2,1H3. The van der Waals surface area contributed by atoms with Crippen LogP contribution < -0.4 is 10.5 Å². The average Bonchev–Trinajstić information content (AvgIpc) is 2.95. The van der Waals surface area contributed by atoms with E-state index in [4.69, 9.17) is 10.2 Å². The van der Waals surface area contributed by atoms with Crippen LogP contribution >= 0.6 is 0 Å². The second-order valence-corrected chi connectivity index (χ2v) is 7.52. The first kappa shape index (κ1) is 16.6. The van der Waals surface area contributed by atoms with Gasteiger partial charge in [-0.15, -0.1) is 0 Å². The SMILES string of the molecule is CS(=O)(=O)NCc1cncc(-c2ccc3occ(CCN)c3c2)c1. The predicted octanol–water partition coefficient (Wildman–Crippen LogP) is 2.05. The van der Waals surface area contributed by atoms with Crippen molar-refractivity contribution in [3.05, 3.63) is 54.0 Å². The van der Waals surface area contributed by atoms with E-state index < -0.39 is 10.0 Å². The van der Waals surface area contributed by atoms with E-state index in [1.807, 2.05) is 18.2 Å². The van der Waals surface area contributed by atoms with Crippen LogP contribution in [0, 0.1) is 0 Å². The Bertz CT molecular complexity index is 964. The minimum Gasteiger partial charge on any atom is -0.464 e. The number of aromatic nitrogens is 1. The molecular weight excluding hydrogens is 326 g/mol. The number of nitrogens with zero attached hydrogens (tertiary/aromatic N) is 1. The molecule has 0 radical (unpaired) electrons. The summed E-state index contributed by atoms with van der Waals surface area (Å²) in [5.41, 5.74) is 10.3. The molecule has 0 aliphatic carbocycles. The van der Waals surface area contributed by atoms with E-state index in [9.17, 15) is 8.42 Å².